The zero-order chi connectivity index (χ0) is 24.5. The van der Waals surface area contributed by atoms with Crippen LogP contribution in [0.1, 0.15) is 37.8 Å². The predicted molar refractivity (Wildman–Crippen MR) is 148 cm³/mol. The Morgan fingerprint density at radius 1 is 0.889 bits per heavy atom. The van der Waals surface area contributed by atoms with Crippen molar-refractivity contribution in [1.82, 2.24) is 20.2 Å². The molecule has 36 heavy (non-hydrogen) atoms. The molecule has 182 valence electrons. The zero-order valence-electron chi connectivity index (χ0n) is 20.4. The second kappa shape index (κ2) is 9.49. The number of aromatic amines is 1. The minimum atomic E-state index is 0.561. The Morgan fingerprint density at radius 3 is 2.58 bits per heavy atom. The molecule has 4 heterocycles. The first-order valence-corrected chi connectivity index (χ1v) is 12.7. The van der Waals surface area contributed by atoms with Crippen molar-refractivity contribution in [1.29, 1.82) is 0 Å². The Kier molecular flexibility index (Phi) is 5.89. The summed E-state index contributed by atoms with van der Waals surface area (Å²) in [7, 11) is 0. The minimum absolute atomic E-state index is 0.561. The molecule has 4 aromatic rings. The molecule has 0 unspecified atom stereocenters. The van der Waals surface area contributed by atoms with Crippen LogP contribution in [0.2, 0.25) is 0 Å². The second-order valence-corrected chi connectivity index (χ2v) is 9.76. The van der Waals surface area contributed by atoms with Gasteiger partial charge in [0.25, 0.3) is 0 Å². The number of aromatic nitrogens is 4. The van der Waals surface area contributed by atoms with Crippen molar-refractivity contribution < 1.29 is 0 Å². The molecule has 7 heteroatoms. The van der Waals surface area contributed by atoms with Crippen molar-refractivity contribution >= 4 is 33.7 Å². The number of allylic oxidation sites excluding steroid dienone is 1. The summed E-state index contributed by atoms with van der Waals surface area (Å²) < 4.78 is 0. The van der Waals surface area contributed by atoms with E-state index in [0.717, 1.165) is 57.9 Å². The second-order valence-electron chi connectivity index (χ2n) is 9.76. The third-order valence-corrected chi connectivity index (χ3v) is 7.10. The van der Waals surface area contributed by atoms with Gasteiger partial charge < -0.3 is 15.5 Å². The van der Waals surface area contributed by atoms with Crippen molar-refractivity contribution in [2.24, 2.45) is 5.92 Å². The molecule has 0 atom stereocenters. The first kappa shape index (κ1) is 22.3. The number of anilines is 3. The highest BCUT2D eigenvalue weighted by Gasteiger charge is 2.25. The highest BCUT2D eigenvalue weighted by Crippen LogP contribution is 2.37. The van der Waals surface area contributed by atoms with Gasteiger partial charge in [-0.2, -0.15) is 5.10 Å². The number of rotatable bonds is 8. The lowest BCUT2D eigenvalue weighted by Crippen LogP contribution is -2.29. The molecular weight excluding hydrogens is 446 g/mol. The molecule has 0 spiro atoms. The van der Waals surface area contributed by atoms with Crippen molar-refractivity contribution in [3.63, 3.8) is 0 Å². The molecule has 6 rings (SSSR count). The largest absolute Gasteiger partial charge is 0.370 e. The Bertz CT molecular complexity index is 1430. The monoisotopic (exact) mass is 477 g/mol. The Hall–Kier alpha value is -4.13. The lowest BCUT2D eigenvalue weighted by atomic mass is 10.0. The molecule has 1 saturated heterocycles. The van der Waals surface area contributed by atoms with Gasteiger partial charge in [-0.15, -0.1) is 0 Å². The van der Waals surface area contributed by atoms with E-state index in [-0.39, 0.29) is 0 Å². The number of hydrogen-bond donors (Lipinski definition) is 3. The third kappa shape index (κ3) is 4.56. The fraction of sp³-hybridized carbons (Fsp3) is 0.276. The summed E-state index contributed by atoms with van der Waals surface area (Å²) in [5.41, 5.74) is 8.66. The maximum absolute atomic E-state index is 4.58. The molecule has 7 nitrogen and oxygen atoms in total. The van der Waals surface area contributed by atoms with Crippen molar-refractivity contribution in [2.45, 2.75) is 32.1 Å². The quantitative estimate of drug-likeness (QED) is 0.271. The molecule has 0 bridgehead atoms. The molecule has 3 aromatic heterocycles. The van der Waals surface area contributed by atoms with E-state index in [1.807, 2.05) is 18.5 Å². The first-order valence-electron chi connectivity index (χ1n) is 12.7. The summed E-state index contributed by atoms with van der Waals surface area (Å²) in [4.78, 5) is 11.3. The number of nitrogens with zero attached hydrogens (tertiary/aromatic N) is 4. The van der Waals surface area contributed by atoms with Crippen LogP contribution in [0.4, 0.5) is 17.1 Å². The molecule has 0 amide bonds. The van der Waals surface area contributed by atoms with Gasteiger partial charge in [-0.1, -0.05) is 19.2 Å². The Balaban J connectivity index is 1.26. The summed E-state index contributed by atoms with van der Waals surface area (Å²) in [6.07, 6.45) is 13.7. The van der Waals surface area contributed by atoms with Gasteiger partial charge in [0.1, 0.15) is 5.69 Å². The SMILES string of the molecule is C=C(Nc1cnccc1NC(=C)C1CC1)c1n[nH]c2ccc(-c3cncc(N4CCCCC4)c3)cc12. The van der Waals surface area contributed by atoms with Crippen molar-refractivity contribution in [3.05, 3.63) is 79.7 Å². The number of piperidine rings is 1. The maximum atomic E-state index is 4.58. The van der Waals surface area contributed by atoms with Crippen LogP contribution in [0.3, 0.4) is 0 Å². The minimum Gasteiger partial charge on any atom is -0.370 e. The van der Waals surface area contributed by atoms with Crippen LogP contribution in [0.25, 0.3) is 27.7 Å². The molecule has 3 N–H and O–H groups in total. The molecule has 1 aliphatic heterocycles. The van der Waals surface area contributed by atoms with Crippen LogP contribution in [0.5, 0.6) is 0 Å². The van der Waals surface area contributed by atoms with Crippen LogP contribution >= 0.6 is 0 Å². The average molecular weight is 478 g/mol. The normalized spacial score (nSPS) is 15.6. The molecule has 2 aliphatic rings. The van der Waals surface area contributed by atoms with Crippen molar-refractivity contribution in [2.75, 3.05) is 28.6 Å². The topological polar surface area (TPSA) is 81.8 Å². The van der Waals surface area contributed by atoms with Gasteiger partial charge in [0.05, 0.1) is 40.7 Å². The number of nitrogens with one attached hydrogen (secondary N) is 3. The zero-order valence-corrected chi connectivity index (χ0v) is 20.4. The lowest BCUT2D eigenvalue weighted by Gasteiger charge is -2.28. The fourth-order valence-electron chi connectivity index (χ4n) is 4.87. The molecule has 2 fully saturated rings. The maximum Gasteiger partial charge on any atom is 0.116 e. The Morgan fingerprint density at radius 2 is 1.75 bits per heavy atom. The standard InChI is InChI=1S/C29H31N7/c1-19(21-6-7-21)32-27-10-11-30-18-28(27)33-20(2)29-25-15-22(8-9-26(25)34-35-29)23-14-24(17-31-16-23)36-12-4-3-5-13-36/h8-11,14-18,21,33H,1-7,12-13H2,(H,30,32)(H,34,35). The number of hydrogen-bond acceptors (Lipinski definition) is 6. The van der Waals surface area contributed by atoms with Crippen LogP contribution < -0.4 is 15.5 Å². The van der Waals surface area contributed by atoms with Crippen molar-refractivity contribution in [3.8, 4) is 11.1 Å². The number of benzene rings is 1. The van der Waals surface area contributed by atoms with Gasteiger partial charge in [0, 0.05) is 42.1 Å². The van der Waals surface area contributed by atoms with Gasteiger partial charge >= 0.3 is 0 Å². The predicted octanol–water partition coefficient (Wildman–Crippen LogP) is 6.43. The van der Waals surface area contributed by atoms with Crippen LogP contribution in [-0.4, -0.2) is 33.3 Å². The van der Waals surface area contributed by atoms with E-state index < -0.39 is 0 Å². The van der Waals surface area contributed by atoms with E-state index in [4.69, 9.17) is 0 Å². The fourth-order valence-corrected chi connectivity index (χ4v) is 4.87. The third-order valence-electron chi connectivity index (χ3n) is 7.10. The summed E-state index contributed by atoms with van der Waals surface area (Å²) in [6.45, 7) is 10.7. The summed E-state index contributed by atoms with van der Waals surface area (Å²) in [6, 6.07) is 10.5. The molecule has 0 radical (unpaired) electrons. The molecular formula is C29H31N7. The van der Waals surface area contributed by atoms with Crippen LogP contribution in [-0.2, 0) is 0 Å². The van der Waals surface area contributed by atoms with Crippen LogP contribution in [0, 0.1) is 5.92 Å². The van der Waals surface area contributed by atoms with Crippen LogP contribution in [0.15, 0.2) is 74.0 Å². The van der Waals surface area contributed by atoms with E-state index in [9.17, 15) is 0 Å². The number of pyridine rings is 2. The molecule has 1 aromatic carbocycles. The number of H-pyrrole nitrogens is 1. The van der Waals surface area contributed by atoms with E-state index in [0.29, 0.717) is 11.6 Å². The lowest BCUT2D eigenvalue weighted by molar-refractivity contribution is 0.577. The van der Waals surface area contributed by atoms with E-state index in [1.54, 1.807) is 12.4 Å². The summed E-state index contributed by atoms with van der Waals surface area (Å²) >= 11 is 0. The Labute approximate surface area is 211 Å². The summed E-state index contributed by atoms with van der Waals surface area (Å²) in [5.74, 6) is 0.561. The highest BCUT2D eigenvalue weighted by molar-refractivity contribution is 5.96. The van der Waals surface area contributed by atoms with E-state index >= 15 is 0 Å². The van der Waals surface area contributed by atoms with Gasteiger partial charge in [0.2, 0.25) is 0 Å². The highest BCUT2D eigenvalue weighted by atomic mass is 15.1. The molecule has 1 aliphatic carbocycles. The smallest absolute Gasteiger partial charge is 0.116 e. The number of fused-ring (bicyclic) bond motifs is 1. The van der Waals surface area contributed by atoms with Gasteiger partial charge in [-0.25, -0.2) is 0 Å². The summed E-state index contributed by atoms with van der Waals surface area (Å²) in [5, 5.41) is 15.6. The van der Waals surface area contributed by atoms with Gasteiger partial charge in [-0.05, 0) is 67.9 Å². The first-order chi connectivity index (χ1) is 17.7. The average Bonchev–Trinajstić information content (AvgIpc) is 3.69. The van der Waals surface area contributed by atoms with E-state index in [1.165, 1.54) is 37.8 Å². The van der Waals surface area contributed by atoms with Gasteiger partial charge in [-0.3, -0.25) is 15.1 Å². The van der Waals surface area contributed by atoms with Gasteiger partial charge in [0.15, 0.2) is 0 Å². The van der Waals surface area contributed by atoms with E-state index in [2.05, 4.69) is 73.1 Å². The molecule has 1 saturated carbocycles.